The van der Waals surface area contributed by atoms with E-state index in [-0.39, 0.29) is 30.2 Å². The first-order chi connectivity index (χ1) is 15.0. The fraction of sp³-hybridized carbons (Fsp3) is 0.0870. The quantitative estimate of drug-likeness (QED) is 0.414. The van der Waals surface area contributed by atoms with Crippen LogP contribution in [0.25, 0.3) is 0 Å². The van der Waals surface area contributed by atoms with E-state index in [1.165, 1.54) is 12.1 Å². The van der Waals surface area contributed by atoms with E-state index in [0.717, 1.165) is 17.2 Å². The summed E-state index contributed by atoms with van der Waals surface area (Å²) in [5.74, 6) is -1.41. The van der Waals surface area contributed by atoms with Gasteiger partial charge in [-0.05, 0) is 29.3 Å². The van der Waals surface area contributed by atoms with Crippen LogP contribution in [0.1, 0.15) is 21.5 Å². The molecule has 8 heteroatoms. The van der Waals surface area contributed by atoms with Crippen molar-refractivity contribution in [2.45, 2.75) is 13.2 Å². The number of carbonyl (C=O) groups excluding carboxylic acids is 2. The highest BCUT2D eigenvalue weighted by atomic mass is 16.7. The van der Waals surface area contributed by atoms with E-state index in [1.54, 1.807) is 36.4 Å². The van der Waals surface area contributed by atoms with Gasteiger partial charge in [0.25, 0.3) is 0 Å². The highest BCUT2D eigenvalue weighted by Gasteiger charge is 2.16. The van der Waals surface area contributed by atoms with Crippen LogP contribution in [-0.4, -0.2) is 23.3 Å². The lowest BCUT2D eigenvalue weighted by molar-refractivity contribution is 0.0694. The van der Waals surface area contributed by atoms with Gasteiger partial charge in [-0.3, -0.25) is 5.32 Å². The third-order valence-corrected chi connectivity index (χ3v) is 4.07. The second-order valence-corrected chi connectivity index (χ2v) is 6.33. The Morgan fingerprint density at radius 3 is 1.94 bits per heavy atom. The third-order valence-electron chi connectivity index (χ3n) is 4.07. The molecule has 2 N–H and O–H groups in total. The van der Waals surface area contributed by atoms with E-state index in [2.05, 4.69) is 5.32 Å². The van der Waals surface area contributed by atoms with Crippen LogP contribution in [0.15, 0.2) is 78.9 Å². The van der Waals surface area contributed by atoms with Gasteiger partial charge in [-0.15, -0.1) is 0 Å². The van der Waals surface area contributed by atoms with Crippen LogP contribution in [0.2, 0.25) is 0 Å². The van der Waals surface area contributed by atoms with Crippen molar-refractivity contribution >= 4 is 23.9 Å². The fourth-order valence-electron chi connectivity index (χ4n) is 2.55. The van der Waals surface area contributed by atoms with Crippen LogP contribution in [0.3, 0.4) is 0 Å². The summed E-state index contributed by atoms with van der Waals surface area (Å²) in [5.41, 5.74) is 1.47. The van der Waals surface area contributed by atoms with Gasteiger partial charge in [-0.25, -0.2) is 14.4 Å². The maximum absolute atomic E-state index is 12.1. The fourth-order valence-corrected chi connectivity index (χ4v) is 2.55. The lowest BCUT2D eigenvalue weighted by atomic mass is 10.2. The molecule has 0 heterocycles. The molecule has 1 amide bonds. The molecular formula is C23H19NO7. The lowest BCUT2D eigenvalue weighted by Gasteiger charge is -2.13. The minimum absolute atomic E-state index is 0.0276. The summed E-state index contributed by atoms with van der Waals surface area (Å²) in [7, 11) is 0. The number of carbonyl (C=O) groups is 3. The molecule has 0 aliphatic carbocycles. The van der Waals surface area contributed by atoms with Gasteiger partial charge in [0.15, 0.2) is 5.75 Å². The zero-order valence-corrected chi connectivity index (χ0v) is 16.3. The molecule has 0 aliphatic rings. The number of ether oxygens (including phenoxy) is 3. The molecule has 31 heavy (non-hydrogen) atoms. The zero-order valence-electron chi connectivity index (χ0n) is 16.3. The highest BCUT2D eigenvalue weighted by Crippen LogP contribution is 2.27. The Kier molecular flexibility index (Phi) is 7.21. The van der Waals surface area contributed by atoms with Gasteiger partial charge in [0.2, 0.25) is 0 Å². The van der Waals surface area contributed by atoms with E-state index in [9.17, 15) is 19.5 Å². The van der Waals surface area contributed by atoms with Crippen molar-refractivity contribution in [1.29, 1.82) is 0 Å². The summed E-state index contributed by atoms with van der Waals surface area (Å²) in [6.07, 6.45) is -1.85. The molecular weight excluding hydrogens is 402 g/mol. The summed E-state index contributed by atoms with van der Waals surface area (Å²) in [6.45, 7) is 0.00929. The number of hydrogen-bond acceptors (Lipinski definition) is 6. The van der Waals surface area contributed by atoms with Crippen LogP contribution in [0.4, 0.5) is 15.3 Å². The summed E-state index contributed by atoms with van der Waals surface area (Å²) in [6, 6.07) is 21.7. The second-order valence-electron chi connectivity index (χ2n) is 6.33. The van der Waals surface area contributed by atoms with E-state index < -0.39 is 18.2 Å². The van der Waals surface area contributed by atoms with Crippen LogP contribution in [0.5, 0.6) is 5.75 Å². The number of aromatic carboxylic acids is 1. The Hall–Kier alpha value is -4.33. The number of benzene rings is 3. The van der Waals surface area contributed by atoms with E-state index in [4.69, 9.17) is 14.2 Å². The third kappa shape index (κ3) is 6.60. The minimum Gasteiger partial charge on any atom is -0.478 e. The van der Waals surface area contributed by atoms with Gasteiger partial charge >= 0.3 is 18.2 Å². The Morgan fingerprint density at radius 1 is 0.774 bits per heavy atom. The van der Waals surface area contributed by atoms with E-state index in [1.807, 2.05) is 24.3 Å². The normalized spacial score (nSPS) is 10.1. The van der Waals surface area contributed by atoms with Crippen molar-refractivity contribution in [3.8, 4) is 5.75 Å². The molecule has 158 valence electrons. The number of rotatable bonds is 7. The molecule has 0 atom stereocenters. The maximum atomic E-state index is 12.1. The largest absolute Gasteiger partial charge is 0.514 e. The Balaban J connectivity index is 1.65. The van der Waals surface area contributed by atoms with Crippen molar-refractivity contribution in [1.82, 2.24) is 0 Å². The summed E-state index contributed by atoms with van der Waals surface area (Å²) < 4.78 is 15.3. The first kappa shape index (κ1) is 21.4. The topological polar surface area (TPSA) is 111 Å². The molecule has 3 rings (SSSR count). The standard InChI is InChI=1S/C23H19NO7/c25-21(26)18-11-12-19(24-22(27)29-14-16-7-3-1-4-8-16)20(13-18)31-23(28)30-15-17-9-5-2-6-10-17/h1-13H,14-15H2,(H,24,27)(H,25,26). The number of hydrogen-bond donors (Lipinski definition) is 2. The van der Waals surface area contributed by atoms with Crippen molar-refractivity contribution in [2.75, 3.05) is 5.32 Å². The first-order valence-corrected chi connectivity index (χ1v) is 9.25. The number of carboxylic acids is 1. The molecule has 3 aromatic rings. The number of amides is 1. The minimum atomic E-state index is -1.22. The van der Waals surface area contributed by atoms with Crippen molar-refractivity contribution in [2.24, 2.45) is 0 Å². The van der Waals surface area contributed by atoms with Crippen LogP contribution in [0, 0.1) is 0 Å². The molecule has 0 fully saturated rings. The monoisotopic (exact) mass is 421 g/mol. The molecule has 0 unspecified atom stereocenters. The van der Waals surface area contributed by atoms with Gasteiger partial charge in [0.1, 0.15) is 13.2 Å². The van der Waals surface area contributed by atoms with Gasteiger partial charge in [-0.2, -0.15) is 0 Å². The number of nitrogens with one attached hydrogen (secondary N) is 1. The Bertz CT molecular complexity index is 1050. The lowest BCUT2D eigenvalue weighted by Crippen LogP contribution is -2.17. The second kappa shape index (κ2) is 10.4. The smallest absolute Gasteiger partial charge is 0.478 e. The molecule has 0 saturated carbocycles. The van der Waals surface area contributed by atoms with Crippen molar-refractivity contribution in [3.63, 3.8) is 0 Å². The molecule has 0 saturated heterocycles. The average molecular weight is 421 g/mol. The SMILES string of the molecule is O=C(Nc1ccc(C(=O)O)cc1OC(=O)OCc1ccccc1)OCc1ccccc1. The van der Waals surface area contributed by atoms with E-state index >= 15 is 0 Å². The summed E-state index contributed by atoms with van der Waals surface area (Å²) >= 11 is 0. The highest BCUT2D eigenvalue weighted by molar-refractivity contribution is 5.92. The van der Waals surface area contributed by atoms with E-state index in [0.29, 0.717) is 0 Å². The molecule has 0 spiro atoms. The van der Waals surface area contributed by atoms with Gasteiger partial charge in [0.05, 0.1) is 11.3 Å². The van der Waals surface area contributed by atoms with Crippen LogP contribution < -0.4 is 10.1 Å². The van der Waals surface area contributed by atoms with Gasteiger partial charge < -0.3 is 19.3 Å². The molecule has 0 aromatic heterocycles. The zero-order chi connectivity index (χ0) is 22.1. The van der Waals surface area contributed by atoms with Crippen LogP contribution >= 0.6 is 0 Å². The molecule has 8 nitrogen and oxygen atoms in total. The Morgan fingerprint density at radius 2 is 1.35 bits per heavy atom. The van der Waals surface area contributed by atoms with Crippen molar-refractivity contribution < 1.29 is 33.7 Å². The molecule has 0 aliphatic heterocycles. The number of anilines is 1. The van der Waals surface area contributed by atoms with Gasteiger partial charge in [-0.1, -0.05) is 60.7 Å². The van der Waals surface area contributed by atoms with Crippen LogP contribution in [-0.2, 0) is 22.7 Å². The predicted octanol–water partition coefficient (Wildman–Crippen LogP) is 4.85. The average Bonchev–Trinajstić information content (AvgIpc) is 2.79. The first-order valence-electron chi connectivity index (χ1n) is 9.25. The maximum Gasteiger partial charge on any atom is 0.514 e. The predicted molar refractivity (Wildman–Crippen MR) is 111 cm³/mol. The number of carboxylic acid groups (broad SMARTS) is 1. The summed E-state index contributed by atoms with van der Waals surface area (Å²) in [5, 5.41) is 11.6. The van der Waals surface area contributed by atoms with Gasteiger partial charge in [0, 0.05) is 0 Å². The summed E-state index contributed by atoms with van der Waals surface area (Å²) in [4.78, 5) is 35.5. The molecule has 3 aromatic carbocycles. The molecule has 0 radical (unpaired) electrons. The Labute approximate surface area is 178 Å². The van der Waals surface area contributed by atoms with Crippen molar-refractivity contribution in [3.05, 3.63) is 95.6 Å². The molecule has 0 bridgehead atoms.